The lowest BCUT2D eigenvalue weighted by Gasteiger charge is -2.30. The van der Waals surface area contributed by atoms with Gasteiger partial charge in [-0.1, -0.05) is 29.8 Å². The number of halogens is 1. The third-order valence-corrected chi connectivity index (χ3v) is 4.53. The van der Waals surface area contributed by atoms with Crippen molar-refractivity contribution < 1.29 is 0 Å². The van der Waals surface area contributed by atoms with E-state index < -0.39 is 0 Å². The average Bonchev–Trinajstić information content (AvgIpc) is 2.44. The summed E-state index contributed by atoms with van der Waals surface area (Å²) in [7, 11) is 0. The Morgan fingerprint density at radius 2 is 1.60 bits per heavy atom. The summed E-state index contributed by atoms with van der Waals surface area (Å²) in [5.41, 5.74) is 9.73. The van der Waals surface area contributed by atoms with Gasteiger partial charge in [0.15, 0.2) is 0 Å². The molecule has 0 heterocycles. The molecule has 1 aromatic carbocycles. The van der Waals surface area contributed by atoms with Gasteiger partial charge in [-0.2, -0.15) is 0 Å². The van der Waals surface area contributed by atoms with Crippen molar-refractivity contribution in [2.75, 3.05) is 36.8 Å². The standard InChI is InChI=1S/C16H28BrN3/c1-6-19(7-2)12(5)14-10-13(17)11-15(16(14)18)20(8-3)9-4/h10-12H,6-9,18H2,1-5H3. The first-order chi connectivity index (χ1) is 9.49. The summed E-state index contributed by atoms with van der Waals surface area (Å²) in [4.78, 5) is 4.72. The maximum Gasteiger partial charge on any atom is 0.0614 e. The topological polar surface area (TPSA) is 32.5 Å². The van der Waals surface area contributed by atoms with Crippen molar-refractivity contribution in [1.29, 1.82) is 0 Å². The van der Waals surface area contributed by atoms with Gasteiger partial charge in [-0.15, -0.1) is 0 Å². The van der Waals surface area contributed by atoms with Gasteiger partial charge >= 0.3 is 0 Å². The fraction of sp³-hybridized carbons (Fsp3) is 0.625. The molecule has 1 rings (SSSR count). The zero-order chi connectivity index (χ0) is 15.3. The van der Waals surface area contributed by atoms with Crippen molar-refractivity contribution in [1.82, 2.24) is 4.90 Å². The van der Waals surface area contributed by atoms with Gasteiger partial charge in [0.2, 0.25) is 0 Å². The molecule has 0 fully saturated rings. The smallest absolute Gasteiger partial charge is 0.0614 e. The van der Waals surface area contributed by atoms with Gasteiger partial charge in [0.05, 0.1) is 11.4 Å². The number of hydrogen-bond acceptors (Lipinski definition) is 3. The fourth-order valence-corrected chi connectivity index (χ4v) is 3.23. The summed E-state index contributed by atoms with van der Waals surface area (Å²) in [6.07, 6.45) is 0. The van der Waals surface area contributed by atoms with Crippen LogP contribution >= 0.6 is 15.9 Å². The molecule has 0 aliphatic carbocycles. The minimum absolute atomic E-state index is 0.330. The predicted molar refractivity (Wildman–Crippen MR) is 93.5 cm³/mol. The van der Waals surface area contributed by atoms with Gasteiger partial charge < -0.3 is 10.6 Å². The molecule has 114 valence electrons. The molecule has 0 spiro atoms. The monoisotopic (exact) mass is 341 g/mol. The van der Waals surface area contributed by atoms with Crippen molar-refractivity contribution in [2.24, 2.45) is 0 Å². The zero-order valence-corrected chi connectivity index (χ0v) is 15.0. The van der Waals surface area contributed by atoms with Gasteiger partial charge in [0.25, 0.3) is 0 Å². The van der Waals surface area contributed by atoms with Crippen LogP contribution in [0.5, 0.6) is 0 Å². The summed E-state index contributed by atoms with van der Waals surface area (Å²) in [5, 5.41) is 0. The Kier molecular flexibility index (Phi) is 6.83. The normalized spacial score (nSPS) is 12.8. The number of nitrogens with zero attached hydrogens (tertiary/aromatic N) is 2. The minimum atomic E-state index is 0.330. The molecule has 2 N–H and O–H groups in total. The molecular formula is C16H28BrN3. The summed E-state index contributed by atoms with van der Waals surface area (Å²) in [6, 6.07) is 4.61. The van der Waals surface area contributed by atoms with Gasteiger partial charge in [0, 0.05) is 23.6 Å². The first kappa shape index (κ1) is 17.3. The minimum Gasteiger partial charge on any atom is -0.397 e. The molecule has 0 saturated heterocycles. The van der Waals surface area contributed by atoms with Gasteiger partial charge in [0.1, 0.15) is 0 Å². The third-order valence-electron chi connectivity index (χ3n) is 4.07. The molecule has 0 amide bonds. The second kappa shape index (κ2) is 7.89. The van der Waals surface area contributed by atoms with Gasteiger partial charge in [-0.25, -0.2) is 0 Å². The van der Waals surface area contributed by atoms with E-state index in [1.54, 1.807) is 0 Å². The van der Waals surface area contributed by atoms with Crippen LogP contribution in [0.2, 0.25) is 0 Å². The molecule has 0 saturated carbocycles. The molecule has 0 aliphatic rings. The highest BCUT2D eigenvalue weighted by Crippen LogP contribution is 2.36. The lowest BCUT2D eigenvalue weighted by atomic mass is 10.0. The van der Waals surface area contributed by atoms with Crippen molar-refractivity contribution in [3.8, 4) is 0 Å². The molecule has 3 nitrogen and oxygen atoms in total. The predicted octanol–water partition coefficient (Wildman–Crippen LogP) is 4.28. The molecular weight excluding hydrogens is 314 g/mol. The van der Waals surface area contributed by atoms with E-state index in [1.807, 2.05) is 0 Å². The molecule has 20 heavy (non-hydrogen) atoms. The Hall–Kier alpha value is -0.740. The van der Waals surface area contributed by atoms with Crippen LogP contribution in [0.15, 0.2) is 16.6 Å². The maximum atomic E-state index is 6.46. The molecule has 0 radical (unpaired) electrons. The van der Waals surface area contributed by atoms with Crippen LogP contribution in [-0.2, 0) is 0 Å². The Balaban J connectivity index is 3.27. The Bertz CT molecular complexity index is 426. The number of rotatable bonds is 7. The molecule has 4 heteroatoms. The largest absolute Gasteiger partial charge is 0.397 e. The van der Waals surface area contributed by atoms with Crippen LogP contribution in [0.3, 0.4) is 0 Å². The first-order valence-corrected chi connectivity index (χ1v) is 8.37. The van der Waals surface area contributed by atoms with Gasteiger partial charge in [-0.05, 0) is 51.6 Å². The number of benzene rings is 1. The lowest BCUT2D eigenvalue weighted by molar-refractivity contribution is 0.235. The number of hydrogen-bond donors (Lipinski definition) is 1. The molecule has 1 unspecified atom stereocenters. The second-order valence-electron chi connectivity index (χ2n) is 5.00. The highest BCUT2D eigenvalue weighted by molar-refractivity contribution is 9.10. The van der Waals surface area contributed by atoms with Crippen LogP contribution in [-0.4, -0.2) is 31.1 Å². The van der Waals surface area contributed by atoms with E-state index >= 15 is 0 Å². The number of nitrogens with two attached hydrogens (primary N) is 1. The number of nitrogen functional groups attached to an aromatic ring is 1. The lowest BCUT2D eigenvalue weighted by Crippen LogP contribution is -2.28. The van der Waals surface area contributed by atoms with E-state index in [2.05, 4.69) is 72.5 Å². The van der Waals surface area contributed by atoms with E-state index in [0.717, 1.165) is 42.0 Å². The van der Waals surface area contributed by atoms with Crippen LogP contribution in [0.1, 0.15) is 46.2 Å². The first-order valence-electron chi connectivity index (χ1n) is 7.57. The van der Waals surface area contributed by atoms with E-state index in [9.17, 15) is 0 Å². The maximum absolute atomic E-state index is 6.46. The van der Waals surface area contributed by atoms with Crippen molar-refractivity contribution in [3.63, 3.8) is 0 Å². The van der Waals surface area contributed by atoms with E-state index in [-0.39, 0.29) is 0 Å². The van der Waals surface area contributed by atoms with Crippen LogP contribution < -0.4 is 10.6 Å². The Labute approximate surface area is 132 Å². The highest BCUT2D eigenvalue weighted by atomic mass is 79.9. The summed E-state index contributed by atoms with van der Waals surface area (Å²) >= 11 is 3.63. The highest BCUT2D eigenvalue weighted by Gasteiger charge is 2.19. The van der Waals surface area contributed by atoms with E-state index in [0.29, 0.717) is 6.04 Å². The average molecular weight is 342 g/mol. The Morgan fingerprint density at radius 1 is 1.05 bits per heavy atom. The number of anilines is 2. The SMILES string of the molecule is CCN(CC)c1cc(Br)cc(C(C)N(CC)CC)c1N. The fourth-order valence-electron chi connectivity index (χ4n) is 2.76. The summed E-state index contributed by atoms with van der Waals surface area (Å²) < 4.78 is 1.10. The molecule has 0 aliphatic heterocycles. The summed E-state index contributed by atoms with van der Waals surface area (Å²) in [6.45, 7) is 15.0. The van der Waals surface area contributed by atoms with Crippen LogP contribution in [0, 0.1) is 0 Å². The van der Waals surface area contributed by atoms with E-state index in [4.69, 9.17) is 5.73 Å². The van der Waals surface area contributed by atoms with Crippen molar-refractivity contribution in [2.45, 2.75) is 40.7 Å². The second-order valence-corrected chi connectivity index (χ2v) is 5.91. The summed E-state index contributed by atoms with van der Waals surface area (Å²) in [5.74, 6) is 0. The van der Waals surface area contributed by atoms with Crippen LogP contribution in [0.4, 0.5) is 11.4 Å². The zero-order valence-electron chi connectivity index (χ0n) is 13.4. The Morgan fingerprint density at radius 3 is 2.05 bits per heavy atom. The molecule has 0 aromatic heterocycles. The van der Waals surface area contributed by atoms with Crippen molar-refractivity contribution in [3.05, 3.63) is 22.2 Å². The van der Waals surface area contributed by atoms with Gasteiger partial charge in [-0.3, -0.25) is 4.90 Å². The van der Waals surface area contributed by atoms with Crippen molar-refractivity contribution >= 4 is 27.3 Å². The third kappa shape index (κ3) is 3.67. The van der Waals surface area contributed by atoms with E-state index in [1.165, 1.54) is 5.56 Å². The molecule has 0 bridgehead atoms. The molecule has 1 aromatic rings. The molecule has 1 atom stereocenters. The quantitative estimate of drug-likeness (QED) is 0.751. The van der Waals surface area contributed by atoms with Crippen LogP contribution in [0.25, 0.3) is 0 Å².